The predicted octanol–water partition coefficient (Wildman–Crippen LogP) is 0.137. The maximum absolute atomic E-state index is 7.17. The minimum atomic E-state index is -2.17. The van der Waals surface area contributed by atoms with E-state index in [1.54, 1.807) is 0 Å². The number of nitrogens with two attached hydrogens (primary N) is 1. The van der Waals surface area contributed by atoms with Gasteiger partial charge in [-0.1, -0.05) is 24.3 Å². The fourth-order valence-electron chi connectivity index (χ4n) is 1.30. The summed E-state index contributed by atoms with van der Waals surface area (Å²) >= 11 is 0. The standard InChI is InChI=1S/C10H15N.BH3O3/c1-8-6-4-5-7-9(8)10(2,3)11;2-1(3)4/h4-7H,11H2,1-3H3;2-4H. The van der Waals surface area contributed by atoms with Gasteiger partial charge < -0.3 is 20.8 Å². The first-order valence-corrected chi connectivity index (χ1v) is 4.64. The summed E-state index contributed by atoms with van der Waals surface area (Å²) in [6, 6.07) is 8.22. The van der Waals surface area contributed by atoms with Crippen molar-refractivity contribution in [1.29, 1.82) is 0 Å². The Kier molecular flexibility index (Phi) is 5.53. The molecule has 0 atom stereocenters. The molecule has 0 heterocycles. The maximum atomic E-state index is 7.17. The minimum Gasteiger partial charge on any atom is -0.402 e. The van der Waals surface area contributed by atoms with Crippen molar-refractivity contribution in [3.05, 3.63) is 35.4 Å². The molecule has 1 aromatic rings. The summed E-state index contributed by atoms with van der Waals surface area (Å²) in [7, 11) is -2.17. The molecule has 5 heteroatoms. The van der Waals surface area contributed by atoms with Gasteiger partial charge in [-0.2, -0.15) is 0 Å². The molecule has 0 bridgehead atoms. The molecule has 0 amide bonds. The van der Waals surface area contributed by atoms with Crippen LogP contribution >= 0.6 is 0 Å². The Balaban J connectivity index is 0.000000423. The van der Waals surface area contributed by atoms with Crippen LogP contribution in [-0.2, 0) is 5.54 Å². The van der Waals surface area contributed by atoms with E-state index in [2.05, 4.69) is 19.1 Å². The van der Waals surface area contributed by atoms with Crippen LogP contribution in [0.3, 0.4) is 0 Å². The molecule has 84 valence electrons. The SMILES string of the molecule is Cc1ccccc1C(C)(C)N.OB(O)O. The monoisotopic (exact) mass is 211 g/mol. The molecular formula is C10H18BNO3. The summed E-state index contributed by atoms with van der Waals surface area (Å²) in [5.74, 6) is 0. The van der Waals surface area contributed by atoms with Crippen molar-refractivity contribution >= 4 is 7.32 Å². The Morgan fingerprint density at radius 2 is 1.53 bits per heavy atom. The van der Waals surface area contributed by atoms with Gasteiger partial charge in [-0.25, -0.2) is 0 Å². The van der Waals surface area contributed by atoms with E-state index in [-0.39, 0.29) is 5.54 Å². The van der Waals surface area contributed by atoms with E-state index in [0.29, 0.717) is 0 Å². The summed E-state index contributed by atoms with van der Waals surface area (Å²) in [6.45, 7) is 6.13. The van der Waals surface area contributed by atoms with Gasteiger partial charge in [0.2, 0.25) is 0 Å². The lowest BCUT2D eigenvalue weighted by Gasteiger charge is -2.21. The average molecular weight is 211 g/mol. The van der Waals surface area contributed by atoms with Crippen LogP contribution < -0.4 is 5.73 Å². The lowest BCUT2D eigenvalue weighted by atomic mass is 9.92. The molecule has 0 aliphatic heterocycles. The first-order chi connectivity index (χ1) is 6.75. The van der Waals surface area contributed by atoms with Crippen molar-refractivity contribution in [3.63, 3.8) is 0 Å². The zero-order chi connectivity index (χ0) is 12.1. The third kappa shape index (κ3) is 6.25. The maximum Gasteiger partial charge on any atom is 0.631 e. The Morgan fingerprint density at radius 1 is 1.13 bits per heavy atom. The molecule has 0 unspecified atom stereocenters. The Morgan fingerprint density at radius 3 is 1.80 bits per heavy atom. The summed E-state index contributed by atoms with van der Waals surface area (Å²) in [4.78, 5) is 0. The van der Waals surface area contributed by atoms with Crippen LogP contribution in [0.4, 0.5) is 0 Å². The summed E-state index contributed by atoms with van der Waals surface area (Å²) < 4.78 is 0. The van der Waals surface area contributed by atoms with Gasteiger partial charge in [0.05, 0.1) is 0 Å². The van der Waals surface area contributed by atoms with Crippen LogP contribution in [0.25, 0.3) is 0 Å². The third-order valence-electron chi connectivity index (χ3n) is 1.84. The van der Waals surface area contributed by atoms with Crippen molar-refractivity contribution in [2.45, 2.75) is 26.3 Å². The molecule has 0 saturated carbocycles. The van der Waals surface area contributed by atoms with Gasteiger partial charge in [0, 0.05) is 5.54 Å². The smallest absolute Gasteiger partial charge is 0.402 e. The van der Waals surface area contributed by atoms with Crippen LogP contribution in [0.1, 0.15) is 25.0 Å². The molecule has 0 aromatic heterocycles. The molecule has 0 radical (unpaired) electrons. The number of rotatable bonds is 1. The van der Waals surface area contributed by atoms with E-state index in [9.17, 15) is 0 Å². The molecule has 4 nitrogen and oxygen atoms in total. The highest BCUT2D eigenvalue weighted by Crippen LogP contribution is 2.19. The topological polar surface area (TPSA) is 86.7 Å². The highest BCUT2D eigenvalue weighted by Gasteiger charge is 2.14. The van der Waals surface area contributed by atoms with E-state index in [1.807, 2.05) is 26.0 Å². The predicted molar refractivity (Wildman–Crippen MR) is 60.8 cm³/mol. The summed E-state index contributed by atoms with van der Waals surface area (Å²) in [6.07, 6.45) is 0. The van der Waals surface area contributed by atoms with Crippen LogP contribution in [0.15, 0.2) is 24.3 Å². The van der Waals surface area contributed by atoms with E-state index in [0.717, 1.165) is 0 Å². The highest BCUT2D eigenvalue weighted by molar-refractivity contribution is 6.30. The fourth-order valence-corrected chi connectivity index (χ4v) is 1.30. The summed E-state index contributed by atoms with van der Waals surface area (Å²) in [5.41, 5.74) is 8.23. The molecular weight excluding hydrogens is 193 g/mol. The molecule has 15 heavy (non-hydrogen) atoms. The molecule has 0 aliphatic rings. The average Bonchev–Trinajstić information content (AvgIpc) is 2.01. The second-order valence-electron chi connectivity index (χ2n) is 3.88. The van der Waals surface area contributed by atoms with Crippen molar-refractivity contribution in [2.24, 2.45) is 5.73 Å². The van der Waals surface area contributed by atoms with Gasteiger partial charge in [0.15, 0.2) is 0 Å². The van der Waals surface area contributed by atoms with Gasteiger partial charge >= 0.3 is 7.32 Å². The second-order valence-corrected chi connectivity index (χ2v) is 3.88. The van der Waals surface area contributed by atoms with Crippen LogP contribution in [0.2, 0.25) is 0 Å². The Bertz CT molecular complexity index is 294. The fraction of sp³-hybridized carbons (Fsp3) is 0.400. The van der Waals surface area contributed by atoms with Crippen LogP contribution in [0.5, 0.6) is 0 Å². The molecule has 1 aromatic carbocycles. The van der Waals surface area contributed by atoms with E-state index >= 15 is 0 Å². The van der Waals surface area contributed by atoms with Crippen molar-refractivity contribution in [3.8, 4) is 0 Å². The minimum absolute atomic E-state index is 0.217. The van der Waals surface area contributed by atoms with Gasteiger partial charge in [-0.05, 0) is 31.9 Å². The number of benzene rings is 1. The quantitative estimate of drug-likeness (QED) is 0.497. The molecule has 0 saturated heterocycles. The van der Waals surface area contributed by atoms with Crippen molar-refractivity contribution in [2.75, 3.05) is 0 Å². The van der Waals surface area contributed by atoms with Crippen molar-refractivity contribution in [1.82, 2.24) is 0 Å². The van der Waals surface area contributed by atoms with Gasteiger partial charge in [0.1, 0.15) is 0 Å². The second kappa shape index (κ2) is 5.87. The van der Waals surface area contributed by atoms with E-state index in [4.69, 9.17) is 20.8 Å². The van der Waals surface area contributed by atoms with E-state index in [1.165, 1.54) is 11.1 Å². The molecule has 1 rings (SSSR count). The molecule has 0 fully saturated rings. The van der Waals surface area contributed by atoms with Gasteiger partial charge in [0.25, 0.3) is 0 Å². The lowest BCUT2D eigenvalue weighted by Crippen LogP contribution is -2.29. The molecule has 5 N–H and O–H groups in total. The van der Waals surface area contributed by atoms with Gasteiger partial charge in [-0.15, -0.1) is 0 Å². The molecule has 0 aliphatic carbocycles. The lowest BCUT2D eigenvalue weighted by molar-refractivity contribution is 0.278. The van der Waals surface area contributed by atoms with Crippen molar-refractivity contribution < 1.29 is 15.1 Å². The van der Waals surface area contributed by atoms with E-state index < -0.39 is 7.32 Å². The van der Waals surface area contributed by atoms with Crippen LogP contribution in [0, 0.1) is 6.92 Å². The van der Waals surface area contributed by atoms with Gasteiger partial charge in [-0.3, -0.25) is 0 Å². The number of aryl methyl sites for hydroxylation is 1. The zero-order valence-electron chi connectivity index (χ0n) is 9.31. The third-order valence-corrected chi connectivity index (χ3v) is 1.84. The first kappa shape index (κ1) is 14.1. The number of hydrogen-bond acceptors (Lipinski definition) is 4. The molecule has 0 spiro atoms. The zero-order valence-corrected chi connectivity index (χ0v) is 9.31. The Hall–Kier alpha value is -0.875. The Labute approximate surface area is 90.5 Å². The largest absolute Gasteiger partial charge is 0.631 e. The highest BCUT2D eigenvalue weighted by atomic mass is 16.5. The summed E-state index contributed by atoms with van der Waals surface area (Å²) in [5, 5.41) is 21.5. The first-order valence-electron chi connectivity index (χ1n) is 4.64. The number of hydrogen-bond donors (Lipinski definition) is 4. The normalized spacial score (nSPS) is 10.3. The van der Waals surface area contributed by atoms with Crippen LogP contribution in [-0.4, -0.2) is 22.4 Å².